The first kappa shape index (κ1) is 19.4. The molecule has 138 valence electrons. The van der Waals surface area contributed by atoms with Gasteiger partial charge in [-0.2, -0.15) is 0 Å². The number of ketones is 1. The highest BCUT2D eigenvalue weighted by atomic mass is 19.1. The highest BCUT2D eigenvalue weighted by Gasteiger charge is 2.31. The minimum absolute atomic E-state index is 0.138. The van der Waals surface area contributed by atoms with Gasteiger partial charge in [-0.1, -0.05) is 39.5 Å². The Morgan fingerprint density at radius 1 is 1.16 bits per heavy atom. The van der Waals surface area contributed by atoms with Gasteiger partial charge >= 0.3 is 6.03 Å². The molecule has 0 spiro atoms. The van der Waals surface area contributed by atoms with E-state index >= 15 is 0 Å². The van der Waals surface area contributed by atoms with E-state index in [1.165, 1.54) is 49.6 Å². The van der Waals surface area contributed by atoms with Crippen molar-refractivity contribution in [3.8, 4) is 0 Å². The highest BCUT2D eigenvalue weighted by Crippen LogP contribution is 2.26. The second kappa shape index (κ2) is 8.97. The van der Waals surface area contributed by atoms with Gasteiger partial charge in [0.2, 0.25) is 0 Å². The van der Waals surface area contributed by atoms with Gasteiger partial charge in [0.25, 0.3) is 0 Å². The fourth-order valence-electron chi connectivity index (χ4n) is 3.55. The van der Waals surface area contributed by atoms with Crippen molar-refractivity contribution in [2.75, 3.05) is 24.5 Å². The fraction of sp³-hybridized carbons (Fsp3) is 0.600. The molecule has 0 atom stereocenters. The summed E-state index contributed by atoms with van der Waals surface area (Å²) in [5.74, 6) is -0.0427. The van der Waals surface area contributed by atoms with Gasteiger partial charge in [-0.25, -0.2) is 9.18 Å². The van der Waals surface area contributed by atoms with Gasteiger partial charge in [-0.05, 0) is 37.5 Å². The van der Waals surface area contributed by atoms with Crippen LogP contribution >= 0.6 is 0 Å². The van der Waals surface area contributed by atoms with E-state index in [4.69, 9.17) is 0 Å². The molecule has 2 amide bonds. The van der Waals surface area contributed by atoms with Crippen LogP contribution in [0.2, 0.25) is 0 Å². The smallest absolute Gasteiger partial charge is 0.323 e. The second-order valence-corrected chi connectivity index (χ2v) is 6.88. The molecule has 1 fully saturated rings. The summed E-state index contributed by atoms with van der Waals surface area (Å²) in [6, 6.07) is 4.19. The lowest BCUT2D eigenvalue weighted by Crippen LogP contribution is -2.33. The normalized spacial score (nSPS) is 14.7. The Kier molecular flexibility index (Phi) is 6.97. The lowest BCUT2D eigenvalue weighted by Gasteiger charge is -2.22. The zero-order valence-electron chi connectivity index (χ0n) is 15.6. The number of nitrogens with zero attached hydrogens (tertiary/aromatic N) is 2. The molecular formula is C20H29FN2O2. The SMILES string of the molecule is CCCC(CCC)CCN1CCN(c2ccc(C(C)=O)cc2F)C1=O. The van der Waals surface area contributed by atoms with Crippen LogP contribution in [0.15, 0.2) is 18.2 Å². The molecule has 0 aromatic heterocycles. The fourth-order valence-corrected chi connectivity index (χ4v) is 3.55. The third-order valence-corrected chi connectivity index (χ3v) is 4.94. The zero-order chi connectivity index (χ0) is 18.4. The van der Waals surface area contributed by atoms with Gasteiger partial charge in [0, 0.05) is 25.2 Å². The van der Waals surface area contributed by atoms with Crippen molar-refractivity contribution in [2.45, 2.75) is 52.9 Å². The summed E-state index contributed by atoms with van der Waals surface area (Å²) in [6.45, 7) is 7.63. The Morgan fingerprint density at radius 2 is 1.84 bits per heavy atom. The molecule has 0 saturated carbocycles. The summed E-state index contributed by atoms with van der Waals surface area (Å²) in [7, 11) is 0. The molecule has 4 nitrogen and oxygen atoms in total. The second-order valence-electron chi connectivity index (χ2n) is 6.88. The van der Waals surface area contributed by atoms with E-state index in [9.17, 15) is 14.0 Å². The molecule has 25 heavy (non-hydrogen) atoms. The molecule has 0 bridgehead atoms. The zero-order valence-corrected chi connectivity index (χ0v) is 15.6. The number of amides is 2. The van der Waals surface area contributed by atoms with Crippen molar-refractivity contribution in [3.63, 3.8) is 0 Å². The van der Waals surface area contributed by atoms with E-state index in [2.05, 4.69) is 13.8 Å². The molecule has 0 aliphatic carbocycles. The lowest BCUT2D eigenvalue weighted by atomic mass is 9.95. The van der Waals surface area contributed by atoms with E-state index in [1.54, 1.807) is 6.07 Å². The maximum absolute atomic E-state index is 14.3. The van der Waals surface area contributed by atoms with Gasteiger partial charge in [0.15, 0.2) is 5.78 Å². The number of rotatable bonds is 9. The van der Waals surface area contributed by atoms with Crippen molar-refractivity contribution >= 4 is 17.5 Å². The highest BCUT2D eigenvalue weighted by molar-refractivity contribution is 5.97. The molecule has 0 unspecified atom stereocenters. The topological polar surface area (TPSA) is 40.6 Å². The van der Waals surface area contributed by atoms with Crippen molar-refractivity contribution in [1.82, 2.24) is 4.90 Å². The molecule has 1 aromatic rings. The number of carbonyl (C=O) groups is 2. The standard InChI is InChI=1S/C20H29FN2O2/c1-4-6-16(7-5-2)10-11-22-12-13-23(20(22)25)19-9-8-17(15(3)24)14-18(19)21/h8-9,14,16H,4-7,10-13H2,1-3H3. The summed E-state index contributed by atoms with van der Waals surface area (Å²) >= 11 is 0. The Morgan fingerprint density at radius 3 is 2.40 bits per heavy atom. The van der Waals surface area contributed by atoms with Gasteiger partial charge in [-0.3, -0.25) is 9.69 Å². The number of hydrogen-bond acceptors (Lipinski definition) is 2. The maximum Gasteiger partial charge on any atom is 0.324 e. The first-order valence-corrected chi connectivity index (χ1v) is 9.34. The van der Waals surface area contributed by atoms with Crippen LogP contribution in [0.3, 0.4) is 0 Å². The Bertz CT molecular complexity index is 612. The van der Waals surface area contributed by atoms with Gasteiger partial charge in [0.05, 0.1) is 5.69 Å². The van der Waals surface area contributed by atoms with Crippen molar-refractivity contribution in [1.29, 1.82) is 0 Å². The minimum Gasteiger partial charge on any atom is -0.323 e. The summed E-state index contributed by atoms with van der Waals surface area (Å²) in [4.78, 5) is 27.3. The van der Waals surface area contributed by atoms with Crippen LogP contribution in [0.4, 0.5) is 14.9 Å². The van der Waals surface area contributed by atoms with Crippen LogP contribution in [-0.2, 0) is 0 Å². The van der Waals surface area contributed by atoms with E-state index in [0.717, 1.165) is 13.0 Å². The molecular weight excluding hydrogens is 319 g/mol. The first-order chi connectivity index (χ1) is 12.0. The molecule has 0 N–H and O–H groups in total. The Hall–Kier alpha value is -1.91. The Labute approximate surface area is 150 Å². The molecule has 1 heterocycles. The third-order valence-electron chi connectivity index (χ3n) is 4.94. The molecule has 1 saturated heterocycles. The number of carbonyl (C=O) groups excluding carboxylic acids is 2. The van der Waals surface area contributed by atoms with Crippen LogP contribution in [0.25, 0.3) is 0 Å². The van der Waals surface area contributed by atoms with E-state index in [1.807, 2.05) is 4.90 Å². The summed E-state index contributed by atoms with van der Waals surface area (Å²) in [5.41, 5.74) is 0.586. The molecule has 1 aliphatic heterocycles. The average Bonchev–Trinajstić information content (AvgIpc) is 2.93. The van der Waals surface area contributed by atoms with Crippen molar-refractivity contribution < 1.29 is 14.0 Å². The van der Waals surface area contributed by atoms with E-state index < -0.39 is 5.82 Å². The third kappa shape index (κ3) is 4.80. The number of halogens is 1. The molecule has 1 aromatic carbocycles. The van der Waals surface area contributed by atoms with Crippen molar-refractivity contribution in [3.05, 3.63) is 29.6 Å². The molecule has 0 radical (unpaired) electrons. The quantitative estimate of drug-likeness (QED) is 0.597. The molecule has 1 aliphatic rings. The maximum atomic E-state index is 14.3. The lowest BCUT2D eigenvalue weighted by molar-refractivity contribution is 0.101. The monoisotopic (exact) mass is 348 g/mol. The van der Waals surface area contributed by atoms with E-state index in [-0.39, 0.29) is 17.5 Å². The van der Waals surface area contributed by atoms with Crippen LogP contribution in [-0.4, -0.2) is 36.3 Å². The number of anilines is 1. The average molecular weight is 348 g/mol. The summed E-state index contributed by atoms with van der Waals surface area (Å²) in [5, 5.41) is 0. The number of benzene rings is 1. The van der Waals surface area contributed by atoms with Crippen LogP contribution in [0, 0.1) is 11.7 Å². The van der Waals surface area contributed by atoms with Crippen LogP contribution in [0.5, 0.6) is 0 Å². The summed E-state index contributed by atoms with van der Waals surface area (Å²) < 4.78 is 14.3. The van der Waals surface area contributed by atoms with Gasteiger partial charge in [-0.15, -0.1) is 0 Å². The number of hydrogen-bond donors (Lipinski definition) is 0. The minimum atomic E-state index is -0.516. The predicted molar refractivity (Wildman–Crippen MR) is 98.6 cm³/mol. The van der Waals surface area contributed by atoms with Crippen LogP contribution < -0.4 is 4.90 Å². The summed E-state index contributed by atoms with van der Waals surface area (Å²) in [6.07, 6.45) is 5.73. The Balaban J connectivity index is 2.00. The molecule has 2 rings (SSSR count). The van der Waals surface area contributed by atoms with Crippen LogP contribution in [0.1, 0.15) is 63.2 Å². The van der Waals surface area contributed by atoms with E-state index in [0.29, 0.717) is 24.6 Å². The molecule has 5 heteroatoms. The van der Waals surface area contributed by atoms with Gasteiger partial charge < -0.3 is 4.90 Å². The van der Waals surface area contributed by atoms with Gasteiger partial charge in [0.1, 0.15) is 5.82 Å². The first-order valence-electron chi connectivity index (χ1n) is 9.34. The number of Topliss-reactive ketones (excluding diaryl/α,β-unsaturated/α-hetero) is 1. The largest absolute Gasteiger partial charge is 0.324 e. The predicted octanol–water partition coefficient (Wildman–Crippen LogP) is 4.88. The van der Waals surface area contributed by atoms with Crippen molar-refractivity contribution in [2.24, 2.45) is 5.92 Å². The number of urea groups is 1.